The lowest BCUT2D eigenvalue weighted by Crippen LogP contribution is -2.04. The van der Waals surface area contributed by atoms with Gasteiger partial charge in [0.2, 0.25) is 0 Å². The van der Waals surface area contributed by atoms with Crippen molar-refractivity contribution in [2.45, 2.75) is 13.1 Å². The van der Waals surface area contributed by atoms with Crippen LogP contribution < -0.4 is 0 Å². The molecule has 2 rings (SSSR count). The summed E-state index contributed by atoms with van der Waals surface area (Å²) >= 11 is 0. The Kier molecular flexibility index (Phi) is 4.68. The van der Waals surface area contributed by atoms with Crippen LogP contribution >= 0.6 is 0 Å². The van der Waals surface area contributed by atoms with Gasteiger partial charge in [0, 0.05) is 5.56 Å². The first-order valence-corrected chi connectivity index (χ1v) is 6.58. The summed E-state index contributed by atoms with van der Waals surface area (Å²) in [6.07, 6.45) is -2.51. The number of rotatable bonds is 4. The van der Waals surface area contributed by atoms with Gasteiger partial charge in [-0.05, 0) is 30.7 Å². The second kappa shape index (κ2) is 6.48. The topological polar surface area (TPSA) is 9.23 Å². The molecule has 0 saturated heterocycles. The molecule has 110 valence electrons. The molecule has 0 bridgehead atoms. The Bertz CT molecular complexity index is 598. The van der Waals surface area contributed by atoms with Gasteiger partial charge in [-0.3, -0.25) is 0 Å². The Morgan fingerprint density at radius 3 is 2.14 bits per heavy atom. The minimum atomic E-state index is -4.33. The van der Waals surface area contributed by atoms with E-state index in [4.69, 9.17) is 4.74 Å². The number of hydrogen-bond donors (Lipinski definition) is 0. The normalized spacial score (nSPS) is 12.3. The molecule has 0 spiro atoms. The monoisotopic (exact) mass is 292 g/mol. The van der Waals surface area contributed by atoms with Crippen molar-refractivity contribution in [1.82, 2.24) is 0 Å². The standard InChI is InChI=1S/C17H15F3O/c1-2-21-16(12-13-6-4-3-5-7-13)14-8-10-15(11-9-14)17(18,19)20/h3-12H,2H2,1H3/b16-12+. The molecular weight excluding hydrogens is 277 g/mol. The summed E-state index contributed by atoms with van der Waals surface area (Å²) in [5.74, 6) is 0.553. The van der Waals surface area contributed by atoms with Crippen LogP contribution in [0.15, 0.2) is 54.6 Å². The SMILES string of the molecule is CCO/C(=C/c1ccccc1)c1ccc(C(F)(F)F)cc1. The van der Waals surface area contributed by atoms with Gasteiger partial charge in [-0.15, -0.1) is 0 Å². The van der Waals surface area contributed by atoms with Gasteiger partial charge in [0.25, 0.3) is 0 Å². The lowest BCUT2D eigenvalue weighted by Gasteiger charge is -2.11. The maximum Gasteiger partial charge on any atom is 0.416 e. The minimum Gasteiger partial charge on any atom is -0.493 e. The van der Waals surface area contributed by atoms with E-state index < -0.39 is 11.7 Å². The van der Waals surface area contributed by atoms with E-state index in [0.29, 0.717) is 17.9 Å². The molecule has 21 heavy (non-hydrogen) atoms. The van der Waals surface area contributed by atoms with Crippen molar-refractivity contribution in [1.29, 1.82) is 0 Å². The summed E-state index contributed by atoms with van der Waals surface area (Å²) in [5.41, 5.74) is 0.886. The predicted octanol–water partition coefficient (Wildman–Crippen LogP) is 5.24. The highest BCUT2D eigenvalue weighted by molar-refractivity contribution is 5.77. The Morgan fingerprint density at radius 2 is 1.62 bits per heavy atom. The quantitative estimate of drug-likeness (QED) is 0.553. The van der Waals surface area contributed by atoms with Crippen molar-refractivity contribution in [2.75, 3.05) is 6.61 Å². The van der Waals surface area contributed by atoms with E-state index in [1.54, 1.807) is 0 Å². The number of benzene rings is 2. The molecule has 0 N–H and O–H groups in total. The average Bonchev–Trinajstić information content (AvgIpc) is 2.47. The first kappa shape index (κ1) is 15.2. The van der Waals surface area contributed by atoms with Crippen LogP contribution in [0.3, 0.4) is 0 Å². The Hall–Kier alpha value is -2.23. The predicted molar refractivity (Wildman–Crippen MR) is 77.4 cm³/mol. The third-order valence-electron chi connectivity index (χ3n) is 2.89. The summed E-state index contributed by atoms with van der Waals surface area (Å²) < 4.78 is 43.2. The van der Waals surface area contributed by atoms with Crippen LogP contribution in [0.2, 0.25) is 0 Å². The van der Waals surface area contributed by atoms with Crippen LogP contribution in [-0.2, 0) is 10.9 Å². The Balaban J connectivity index is 2.33. The molecule has 2 aromatic carbocycles. The maximum absolute atomic E-state index is 12.6. The van der Waals surface area contributed by atoms with Crippen molar-refractivity contribution in [3.05, 3.63) is 71.3 Å². The average molecular weight is 292 g/mol. The lowest BCUT2D eigenvalue weighted by atomic mass is 10.1. The first-order valence-electron chi connectivity index (χ1n) is 6.58. The summed E-state index contributed by atoms with van der Waals surface area (Å²) in [6.45, 7) is 2.28. The van der Waals surface area contributed by atoms with Gasteiger partial charge in [0.05, 0.1) is 12.2 Å². The smallest absolute Gasteiger partial charge is 0.416 e. The van der Waals surface area contributed by atoms with Crippen molar-refractivity contribution >= 4 is 11.8 Å². The molecule has 1 nitrogen and oxygen atoms in total. The van der Waals surface area contributed by atoms with Gasteiger partial charge in [0.15, 0.2) is 0 Å². The fourth-order valence-electron chi connectivity index (χ4n) is 1.89. The molecule has 0 aliphatic carbocycles. The Labute approximate surface area is 121 Å². The second-order valence-electron chi connectivity index (χ2n) is 4.43. The third-order valence-corrected chi connectivity index (χ3v) is 2.89. The molecular formula is C17H15F3O. The maximum atomic E-state index is 12.6. The number of hydrogen-bond acceptors (Lipinski definition) is 1. The number of halogens is 3. The zero-order chi connectivity index (χ0) is 15.3. The van der Waals surface area contributed by atoms with E-state index >= 15 is 0 Å². The minimum absolute atomic E-state index is 0.444. The third kappa shape index (κ3) is 4.12. The molecule has 0 unspecified atom stereocenters. The lowest BCUT2D eigenvalue weighted by molar-refractivity contribution is -0.137. The van der Waals surface area contributed by atoms with Crippen molar-refractivity contribution in [3.8, 4) is 0 Å². The van der Waals surface area contributed by atoms with Crippen LogP contribution in [-0.4, -0.2) is 6.61 Å². The van der Waals surface area contributed by atoms with Crippen LogP contribution in [0.5, 0.6) is 0 Å². The van der Waals surface area contributed by atoms with Gasteiger partial charge < -0.3 is 4.74 Å². The van der Waals surface area contributed by atoms with E-state index in [1.807, 2.05) is 43.3 Å². The molecule has 0 amide bonds. The molecule has 0 aliphatic rings. The highest BCUT2D eigenvalue weighted by Crippen LogP contribution is 2.30. The number of ether oxygens (including phenoxy) is 1. The van der Waals surface area contributed by atoms with E-state index in [-0.39, 0.29) is 0 Å². The summed E-state index contributed by atoms with van der Waals surface area (Å²) in [5, 5.41) is 0. The molecule has 0 aromatic heterocycles. The van der Waals surface area contributed by atoms with Gasteiger partial charge in [-0.25, -0.2) is 0 Å². The van der Waals surface area contributed by atoms with Crippen molar-refractivity contribution in [3.63, 3.8) is 0 Å². The second-order valence-corrected chi connectivity index (χ2v) is 4.43. The van der Waals surface area contributed by atoms with E-state index in [0.717, 1.165) is 17.7 Å². The van der Waals surface area contributed by atoms with Crippen LogP contribution in [0.1, 0.15) is 23.6 Å². The molecule has 0 atom stereocenters. The van der Waals surface area contributed by atoms with Crippen molar-refractivity contribution < 1.29 is 17.9 Å². The van der Waals surface area contributed by atoms with Crippen LogP contribution in [0, 0.1) is 0 Å². The zero-order valence-corrected chi connectivity index (χ0v) is 11.5. The largest absolute Gasteiger partial charge is 0.493 e. The van der Waals surface area contributed by atoms with Gasteiger partial charge in [-0.1, -0.05) is 42.5 Å². The van der Waals surface area contributed by atoms with E-state index in [1.165, 1.54) is 12.1 Å². The van der Waals surface area contributed by atoms with Crippen molar-refractivity contribution in [2.24, 2.45) is 0 Å². The highest BCUT2D eigenvalue weighted by atomic mass is 19.4. The first-order chi connectivity index (χ1) is 10.0. The molecule has 0 heterocycles. The van der Waals surface area contributed by atoms with Crippen LogP contribution in [0.25, 0.3) is 11.8 Å². The summed E-state index contributed by atoms with van der Waals surface area (Å²) in [6, 6.07) is 14.5. The van der Waals surface area contributed by atoms with Crippen LogP contribution in [0.4, 0.5) is 13.2 Å². The Morgan fingerprint density at radius 1 is 1.00 bits per heavy atom. The molecule has 0 fully saturated rings. The summed E-state index contributed by atoms with van der Waals surface area (Å²) in [4.78, 5) is 0. The highest BCUT2D eigenvalue weighted by Gasteiger charge is 2.30. The molecule has 4 heteroatoms. The van der Waals surface area contributed by atoms with Gasteiger partial charge in [0.1, 0.15) is 5.76 Å². The fraction of sp³-hybridized carbons (Fsp3) is 0.176. The summed E-state index contributed by atoms with van der Waals surface area (Å²) in [7, 11) is 0. The zero-order valence-electron chi connectivity index (χ0n) is 11.5. The molecule has 0 saturated carbocycles. The number of alkyl halides is 3. The van der Waals surface area contributed by atoms with Gasteiger partial charge >= 0.3 is 6.18 Å². The van der Waals surface area contributed by atoms with Gasteiger partial charge in [-0.2, -0.15) is 13.2 Å². The molecule has 0 radical (unpaired) electrons. The van der Waals surface area contributed by atoms with E-state index in [2.05, 4.69) is 0 Å². The molecule has 2 aromatic rings. The fourth-order valence-corrected chi connectivity index (χ4v) is 1.89. The van der Waals surface area contributed by atoms with E-state index in [9.17, 15) is 13.2 Å². The molecule has 0 aliphatic heterocycles.